The van der Waals surface area contributed by atoms with Crippen LogP contribution in [0.3, 0.4) is 0 Å². The summed E-state index contributed by atoms with van der Waals surface area (Å²) in [4.78, 5) is 27.2. The van der Waals surface area contributed by atoms with Crippen LogP contribution in [-0.4, -0.2) is 39.1 Å². The van der Waals surface area contributed by atoms with Crippen molar-refractivity contribution >= 4 is 33.4 Å². The molecule has 2 heterocycles. The first kappa shape index (κ1) is 18.6. The first-order valence-corrected chi connectivity index (χ1v) is 9.47. The molecule has 3 rings (SSSR count). The monoisotopic (exact) mass is 418 g/mol. The molecule has 1 aromatic heterocycles. The predicted molar refractivity (Wildman–Crippen MR) is 104 cm³/mol. The maximum atomic E-state index is 12.8. The lowest BCUT2D eigenvalue weighted by Gasteiger charge is -2.24. The Kier molecular flexibility index (Phi) is 5.18. The average molecular weight is 419 g/mol. The Labute approximate surface area is 161 Å². The summed E-state index contributed by atoms with van der Waals surface area (Å²) < 4.78 is 2.72. The number of hydrogen-bond donors (Lipinski definition) is 1. The normalized spacial score (nSPS) is 17.4. The lowest BCUT2D eigenvalue weighted by molar-refractivity contribution is -0.119. The van der Waals surface area contributed by atoms with Gasteiger partial charge in [-0.1, -0.05) is 15.9 Å². The second-order valence-corrected chi connectivity index (χ2v) is 8.41. The summed E-state index contributed by atoms with van der Waals surface area (Å²) in [7, 11) is 0. The number of halogens is 1. The highest BCUT2D eigenvalue weighted by atomic mass is 79.9. The van der Waals surface area contributed by atoms with Gasteiger partial charge in [-0.05, 0) is 57.9 Å². The third kappa shape index (κ3) is 3.98. The zero-order valence-corrected chi connectivity index (χ0v) is 16.8. The molecule has 2 aromatic rings. The molecule has 7 heteroatoms. The van der Waals surface area contributed by atoms with Gasteiger partial charge in [0, 0.05) is 22.8 Å². The molecule has 1 fully saturated rings. The number of carbonyl (C=O) groups excluding carboxylic acids is 2. The first-order valence-electron chi connectivity index (χ1n) is 8.68. The van der Waals surface area contributed by atoms with E-state index in [1.54, 1.807) is 23.2 Å². The lowest BCUT2D eigenvalue weighted by Crippen LogP contribution is -2.43. The molecule has 1 aromatic carbocycles. The Morgan fingerprint density at radius 3 is 2.54 bits per heavy atom. The van der Waals surface area contributed by atoms with Gasteiger partial charge in [-0.15, -0.1) is 0 Å². The van der Waals surface area contributed by atoms with Crippen molar-refractivity contribution in [3.8, 4) is 0 Å². The number of anilines is 1. The third-order valence-corrected chi connectivity index (χ3v) is 4.97. The SMILES string of the molecule is CC(C)(C)n1cc(NC(=O)C2CCCN2C(=O)c2ccc(Br)cc2)cn1. The van der Waals surface area contributed by atoms with E-state index in [-0.39, 0.29) is 17.4 Å². The quantitative estimate of drug-likeness (QED) is 0.826. The van der Waals surface area contributed by atoms with Crippen molar-refractivity contribution < 1.29 is 9.59 Å². The third-order valence-electron chi connectivity index (χ3n) is 4.44. The highest BCUT2D eigenvalue weighted by molar-refractivity contribution is 9.10. The molecular formula is C19H23BrN4O2. The molecule has 0 spiro atoms. The zero-order chi connectivity index (χ0) is 18.9. The van der Waals surface area contributed by atoms with E-state index in [4.69, 9.17) is 0 Å². The molecule has 26 heavy (non-hydrogen) atoms. The van der Waals surface area contributed by atoms with Gasteiger partial charge in [0.2, 0.25) is 5.91 Å². The minimum absolute atomic E-state index is 0.111. The summed E-state index contributed by atoms with van der Waals surface area (Å²) in [5.74, 6) is -0.276. The fourth-order valence-corrected chi connectivity index (χ4v) is 3.28. The van der Waals surface area contributed by atoms with Gasteiger partial charge in [0.05, 0.1) is 17.4 Å². The van der Waals surface area contributed by atoms with Crippen molar-refractivity contribution in [1.82, 2.24) is 14.7 Å². The van der Waals surface area contributed by atoms with Gasteiger partial charge < -0.3 is 10.2 Å². The molecule has 1 atom stereocenters. The highest BCUT2D eigenvalue weighted by Gasteiger charge is 2.34. The molecule has 1 aliphatic heterocycles. The van der Waals surface area contributed by atoms with Crippen LogP contribution in [0.1, 0.15) is 44.0 Å². The van der Waals surface area contributed by atoms with Crippen molar-refractivity contribution in [3.63, 3.8) is 0 Å². The summed E-state index contributed by atoms with van der Waals surface area (Å²) in [5, 5.41) is 7.19. The standard InChI is InChI=1S/C19H23BrN4O2/c1-19(2,3)24-12-15(11-21-24)22-17(25)16-5-4-10-23(16)18(26)13-6-8-14(20)9-7-13/h6-9,11-12,16H,4-5,10H2,1-3H3,(H,22,25). The highest BCUT2D eigenvalue weighted by Crippen LogP contribution is 2.23. The molecular weight excluding hydrogens is 396 g/mol. The molecule has 1 N–H and O–H groups in total. The van der Waals surface area contributed by atoms with E-state index in [2.05, 4.69) is 26.3 Å². The van der Waals surface area contributed by atoms with Crippen LogP contribution in [0, 0.1) is 0 Å². The number of carbonyl (C=O) groups is 2. The smallest absolute Gasteiger partial charge is 0.254 e. The number of nitrogens with zero attached hydrogens (tertiary/aromatic N) is 3. The summed E-state index contributed by atoms with van der Waals surface area (Å²) in [6.45, 7) is 6.72. The molecule has 6 nitrogen and oxygen atoms in total. The van der Waals surface area contributed by atoms with Gasteiger partial charge in [0.15, 0.2) is 0 Å². The van der Waals surface area contributed by atoms with Gasteiger partial charge in [-0.2, -0.15) is 5.10 Å². The van der Waals surface area contributed by atoms with E-state index in [0.29, 0.717) is 24.2 Å². The van der Waals surface area contributed by atoms with Crippen LogP contribution in [0.5, 0.6) is 0 Å². The lowest BCUT2D eigenvalue weighted by atomic mass is 10.1. The van der Waals surface area contributed by atoms with Crippen LogP contribution in [0.15, 0.2) is 41.1 Å². The van der Waals surface area contributed by atoms with Crippen molar-refractivity contribution in [2.24, 2.45) is 0 Å². The van der Waals surface area contributed by atoms with Crippen LogP contribution in [0.2, 0.25) is 0 Å². The van der Waals surface area contributed by atoms with Crippen LogP contribution in [-0.2, 0) is 10.3 Å². The number of amides is 2. The Balaban J connectivity index is 1.71. The second-order valence-electron chi connectivity index (χ2n) is 7.50. The molecule has 0 bridgehead atoms. The maximum Gasteiger partial charge on any atom is 0.254 e. The fraction of sp³-hybridized carbons (Fsp3) is 0.421. The van der Waals surface area contributed by atoms with Gasteiger partial charge in [-0.25, -0.2) is 0 Å². The molecule has 1 unspecified atom stereocenters. The van der Waals surface area contributed by atoms with E-state index in [0.717, 1.165) is 10.9 Å². The largest absolute Gasteiger partial charge is 0.327 e. The summed E-state index contributed by atoms with van der Waals surface area (Å²) in [5.41, 5.74) is 1.08. The molecule has 1 saturated heterocycles. The zero-order valence-electron chi connectivity index (χ0n) is 15.2. The van der Waals surface area contributed by atoms with Gasteiger partial charge in [0.1, 0.15) is 6.04 Å². The van der Waals surface area contributed by atoms with Crippen molar-refractivity contribution in [2.75, 3.05) is 11.9 Å². The summed E-state index contributed by atoms with van der Waals surface area (Å²) in [6.07, 6.45) is 4.94. The number of likely N-dealkylation sites (tertiary alicyclic amines) is 1. The predicted octanol–water partition coefficient (Wildman–Crippen LogP) is 3.64. The van der Waals surface area contributed by atoms with Gasteiger partial charge >= 0.3 is 0 Å². The van der Waals surface area contributed by atoms with E-state index in [1.165, 1.54) is 0 Å². The van der Waals surface area contributed by atoms with Crippen LogP contribution < -0.4 is 5.32 Å². The Bertz CT molecular complexity index is 808. The number of aromatic nitrogens is 2. The fourth-order valence-electron chi connectivity index (χ4n) is 3.02. The van der Waals surface area contributed by atoms with E-state index in [1.807, 2.05) is 43.8 Å². The second kappa shape index (κ2) is 7.23. The number of benzene rings is 1. The molecule has 2 amide bonds. The van der Waals surface area contributed by atoms with E-state index < -0.39 is 6.04 Å². The number of rotatable bonds is 3. The Morgan fingerprint density at radius 1 is 1.23 bits per heavy atom. The van der Waals surface area contributed by atoms with Crippen LogP contribution >= 0.6 is 15.9 Å². The van der Waals surface area contributed by atoms with Crippen LogP contribution in [0.4, 0.5) is 5.69 Å². The molecule has 0 radical (unpaired) electrons. The maximum absolute atomic E-state index is 12.8. The van der Waals surface area contributed by atoms with E-state index >= 15 is 0 Å². The van der Waals surface area contributed by atoms with Crippen molar-refractivity contribution in [3.05, 3.63) is 46.7 Å². The molecule has 138 valence electrons. The Morgan fingerprint density at radius 2 is 1.92 bits per heavy atom. The average Bonchev–Trinajstić information content (AvgIpc) is 3.23. The van der Waals surface area contributed by atoms with Crippen molar-refractivity contribution in [2.45, 2.75) is 45.2 Å². The van der Waals surface area contributed by atoms with E-state index in [9.17, 15) is 9.59 Å². The first-order chi connectivity index (χ1) is 12.3. The summed E-state index contributed by atoms with van der Waals surface area (Å²) >= 11 is 3.37. The Hall–Kier alpha value is -2.15. The molecule has 0 saturated carbocycles. The molecule has 0 aliphatic carbocycles. The minimum atomic E-state index is -0.455. The van der Waals surface area contributed by atoms with Gasteiger partial charge in [-0.3, -0.25) is 14.3 Å². The topological polar surface area (TPSA) is 67.2 Å². The van der Waals surface area contributed by atoms with Gasteiger partial charge in [0.25, 0.3) is 5.91 Å². The molecule has 1 aliphatic rings. The van der Waals surface area contributed by atoms with Crippen molar-refractivity contribution in [1.29, 1.82) is 0 Å². The van der Waals surface area contributed by atoms with Crippen LogP contribution in [0.25, 0.3) is 0 Å². The number of hydrogen-bond acceptors (Lipinski definition) is 3. The number of nitrogens with one attached hydrogen (secondary N) is 1. The summed E-state index contributed by atoms with van der Waals surface area (Å²) in [6, 6.07) is 6.75. The minimum Gasteiger partial charge on any atom is -0.327 e.